The van der Waals surface area contributed by atoms with E-state index in [2.05, 4.69) is 26.1 Å². The van der Waals surface area contributed by atoms with Gasteiger partial charge in [0.1, 0.15) is 6.61 Å². The van der Waals surface area contributed by atoms with Gasteiger partial charge in [0.15, 0.2) is 0 Å². The van der Waals surface area contributed by atoms with Crippen molar-refractivity contribution in [3.63, 3.8) is 0 Å². The third kappa shape index (κ3) is 9.34. The van der Waals surface area contributed by atoms with E-state index in [-0.39, 0.29) is 12.5 Å². The van der Waals surface area contributed by atoms with Crippen LogP contribution in [0.25, 0.3) is 0 Å². The van der Waals surface area contributed by atoms with Gasteiger partial charge in [0.2, 0.25) is 5.91 Å². The molecule has 78 valence electrons. The minimum atomic E-state index is -0.0595. The third-order valence-electron chi connectivity index (χ3n) is 1.73. The van der Waals surface area contributed by atoms with Crippen molar-refractivity contribution in [2.24, 2.45) is 5.41 Å². The Balaban J connectivity index is 3.22. The zero-order valence-corrected chi connectivity index (χ0v) is 9.14. The van der Waals surface area contributed by atoms with Gasteiger partial charge in [0.05, 0.1) is 0 Å². The van der Waals surface area contributed by atoms with Crippen LogP contribution < -0.4 is 5.32 Å². The van der Waals surface area contributed by atoms with Gasteiger partial charge in [-0.25, -0.2) is 0 Å². The van der Waals surface area contributed by atoms with Crippen LogP contribution in [0.1, 0.15) is 33.6 Å². The van der Waals surface area contributed by atoms with Crippen LogP contribution in [0.4, 0.5) is 0 Å². The van der Waals surface area contributed by atoms with Crippen LogP contribution in [-0.2, 0) is 9.53 Å². The van der Waals surface area contributed by atoms with E-state index in [1.54, 1.807) is 7.05 Å². The number of rotatable bonds is 5. The average molecular weight is 187 g/mol. The van der Waals surface area contributed by atoms with Crippen molar-refractivity contribution in [2.45, 2.75) is 33.6 Å². The highest BCUT2D eigenvalue weighted by molar-refractivity contribution is 5.76. The number of amides is 1. The number of likely N-dealkylation sites (N-methyl/N-ethyl adjacent to an activating group) is 1. The first-order chi connectivity index (χ1) is 5.95. The third-order valence-corrected chi connectivity index (χ3v) is 1.73. The average Bonchev–Trinajstić information content (AvgIpc) is 2.01. The molecule has 1 N–H and O–H groups in total. The van der Waals surface area contributed by atoms with Gasteiger partial charge in [-0.05, 0) is 18.3 Å². The van der Waals surface area contributed by atoms with Crippen LogP contribution in [-0.4, -0.2) is 26.2 Å². The van der Waals surface area contributed by atoms with Crippen molar-refractivity contribution in [3.8, 4) is 0 Å². The van der Waals surface area contributed by atoms with Crippen LogP contribution in [0, 0.1) is 5.41 Å². The van der Waals surface area contributed by atoms with E-state index in [0.29, 0.717) is 12.0 Å². The van der Waals surface area contributed by atoms with Crippen LogP contribution in [0.3, 0.4) is 0 Å². The predicted molar refractivity (Wildman–Crippen MR) is 53.6 cm³/mol. The Morgan fingerprint density at radius 3 is 2.46 bits per heavy atom. The lowest BCUT2D eigenvalue weighted by atomic mass is 9.91. The molecule has 0 atom stereocenters. The molecule has 0 aromatic heterocycles. The normalized spacial score (nSPS) is 11.4. The van der Waals surface area contributed by atoms with Crippen molar-refractivity contribution < 1.29 is 9.53 Å². The van der Waals surface area contributed by atoms with Crippen molar-refractivity contribution in [1.82, 2.24) is 5.32 Å². The second-order valence-corrected chi connectivity index (χ2v) is 4.39. The fourth-order valence-electron chi connectivity index (χ4n) is 0.942. The van der Waals surface area contributed by atoms with Gasteiger partial charge >= 0.3 is 0 Å². The summed E-state index contributed by atoms with van der Waals surface area (Å²) in [5, 5.41) is 2.51. The summed E-state index contributed by atoms with van der Waals surface area (Å²) < 4.78 is 5.17. The highest BCUT2D eigenvalue weighted by Crippen LogP contribution is 2.20. The molecule has 3 nitrogen and oxygen atoms in total. The maximum Gasteiger partial charge on any atom is 0.245 e. The molecule has 13 heavy (non-hydrogen) atoms. The Hall–Kier alpha value is -0.570. The lowest BCUT2D eigenvalue weighted by Crippen LogP contribution is -2.23. The number of nitrogens with one attached hydrogen (secondary N) is 1. The summed E-state index contributed by atoms with van der Waals surface area (Å²) in [6.07, 6.45) is 2.14. The van der Waals surface area contributed by atoms with Gasteiger partial charge in [-0.15, -0.1) is 0 Å². The summed E-state index contributed by atoms with van der Waals surface area (Å²) in [6.45, 7) is 7.45. The van der Waals surface area contributed by atoms with Gasteiger partial charge in [0.25, 0.3) is 0 Å². The molecular weight excluding hydrogens is 166 g/mol. The number of hydrogen-bond acceptors (Lipinski definition) is 2. The summed E-state index contributed by atoms with van der Waals surface area (Å²) in [5.74, 6) is -0.0595. The van der Waals surface area contributed by atoms with Crippen molar-refractivity contribution in [3.05, 3.63) is 0 Å². The molecule has 0 fully saturated rings. The van der Waals surface area contributed by atoms with Crippen molar-refractivity contribution in [2.75, 3.05) is 20.3 Å². The molecule has 0 bridgehead atoms. The summed E-state index contributed by atoms with van der Waals surface area (Å²) >= 11 is 0. The van der Waals surface area contributed by atoms with E-state index in [4.69, 9.17) is 4.74 Å². The summed E-state index contributed by atoms with van der Waals surface area (Å²) in [5.41, 5.74) is 0.358. The molecular formula is C10H21NO2. The highest BCUT2D eigenvalue weighted by Gasteiger charge is 2.09. The second kappa shape index (κ2) is 5.97. The molecule has 0 heterocycles. The molecule has 0 aliphatic carbocycles. The van der Waals surface area contributed by atoms with Crippen LogP contribution in [0.5, 0.6) is 0 Å². The van der Waals surface area contributed by atoms with Crippen LogP contribution in [0.15, 0.2) is 0 Å². The van der Waals surface area contributed by atoms with Gasteiger partial charge in [-0.1, -0.05) is 20.8 Å². The quantitative estimate of drug-likeness (QED) is 0.663. The summed E-state index contributed by atoms with van der Waals surface area (Å²) in [7, 11) is 1.61. The molecule has 0 spiro atoms. The summed E-state index contributed by atoms with van der Waals surface area (Å²) in [6, 6.07) is 0. The standard InChI is InChI=1S/C10H21NO2/c1-10(2,3)6-5-7-13-8-9(12)11-4/h5-8H2,1-4H3,(H,11,12). The van der Waals surface area contributed by atoms with E-state index in [9.17, 15) is 4.79 Å². The maximum atomic E-state index is 10.7. The largest absolute Gasteiger partial charge is 0.372 e. The Bertz CT molecular complexity index is 149. The van der Waals surface area contributed by atoms with Gasteiger partial charge < -0.3 is 10.1 Å². The Morgan fingerprint density at radius 2 is 2.00 bits per heavy atom. The van der Waals surface area contributed by atoms with Crippen LogP contribution >= 0.6 is 0 Å². The van der Waals surface area contributed by atoms with E-state index in [1.807, 2.05) is 0 Å². The van der Waals surface area contributed by atoms with Crippen molar-refractivity contribution in [1.29, 1.82) is 0 Å². The minimum absolute atomic E-state index is 0.0595. The second-order valence-electron chi connectivity index (χ2n) is 4.39. The monoisotopic (exact) mass is 187 g/mol. The van der Waals surface area contributed by atoms with Gasteiger partial charge in [-0.2, -0.15) is 0 Å². The number of carbonyl (C=O) groups excluding carboxylic acids is 1. The first kappa shape index (κ1) is 12.4. The Morgan fingerprint density at radius 1 is 1.38 bits per heavy atom. The first-order valence-corrected chi connectivity index (χ1v) is 4.74. The number of carbonyl (C=O) groups is 1. The molecule has 0 aromatic rings. The smallest absolute Gasteiger partial charge is 0.245 e. The molecule has 0 rings (SSSR count). The lowest BCUT2D eigenvalue weighted by molar-refractivity contribution is -0.125. The molecule has 0 saturated heterocycles. The van der Waals surface area contributed by atoms with E-state index in [1.165, 1.54) is 0 Å². The van der Waals surface area contributed by atoms with E-state index < -0.39 is 0 Å². The van der Waals surface area contributed by atoms with E-state index in [0.717, 1.165) is 12.8 Å². The number of hydrogen-bond donors (Lipinski definition) is 1. The molecule has 0 aromatic carbocycles. The molecule has 0 radical (unpaired) electrons. The maximum absolute atomic E-state index is 10.7. The van der Waals surface area contributed by atoms with Crippen molar-refractivity contribution >= 4 is 5.91 Å². The van der Waals surface area contributed by atoms with Crippen LogP contribution in [0.2, 0.25) is 0 Å². The number of ether oxygens (including phenoxy) is 1. The topological polar surface area (TPSA) is 38.3 Å². The SMILES string of the molecule is CNC(=O)COCCCC(C)(C)C. The predicted octanol–water partition coefficient (Wildman–Crippen LogP) is 1.58. The van der Waals surface area contributed by atoms with E-state index >= 15 is 0 Å². The van der Waals surface area contributed by atoms with Gasteiger partial charge in [-0.3, -0.25) is 4.79 Å². The molecule has 3 heteroatoms. The zero-order valence-electron chi connectivity index (χ0n) is 9.14. The first-order valence-electron chi connectivity index (χ1n) is 4.74. The summed E-state index contributed by atoms with van der Waals surface area (Å²) in [4.78, 5) is 10.7. The molecule has 0 unspecified atom stereocenters. The molecule has 1 amide bonds. The zero-order chi connectivity index (χ0) is 10.3. The fraction of sp³-hybridized carbons (Fsp3) is 0.900. The van der Waals surface area contributed by atoms with Gasteiger partial charge in [0, 0.05) is 13.7 Å². The fourth-order valence-corrected chi connectivity index (χ4v) is 0.942. The Kier molecular flexibility index (Phi) is 5.71. The molecule has 0 saturated carbocycles. The lowest BCUT2D eigenvalue weighted by Gasteiger charge is -2.17. The molecule has 0 aliphatic heterocycles. The molecule has 0 aliphatic rings. The highest BCUT2D eigenvalue weighted by atomic mass is 16.5. The minimum Gasteiger partial charge on any atom is -0.372 e. The Labute approximate surface area is 80.8 Å².